The number of phenolic OH excluding ortho intramolecular Hbond substituents is 1. The summed E-state index contributed by atoms with van der Waals surface area (Å²) in [7, 11) is 0.596. The van der Waals surface area contributed by atoms with E-state index in [0.717, 1.165) is 24.1 Å². The maximum atomic E-state index is 11.4. The summed E-state index contributed by atoms with van der Waals surface area (Å²) in [6, 6.07) is 12.1. The van der Waals surface area contributed by atoms with E-state index in [1.807, 2.05) is 0 Å². The Morgan fingerprint density at radius 1 is 0.938 bits per heavy atom. The summed E-state index contributed by atoms with van der Waals surface area (Å²) in [6.45, 7) is 25.6. The molecule has 32 heavy (non-hydrogen) atoms. The summed E-state index contributed by atoms with van der Waals surface area (Å²) >= 11 is 0. The van der Waals surface area contributed by atoms with Crippen LogP contribution in [0.1, 0.15) is 96.6 Å². The topological polar surface area (TPSA) is 23.5 Å². The predicted molar refractivity (Wildman–Crippen MR) is 144 cm³/mol. The molecule has 0 spiro atoms. The van der Waals surface area contributed by atoms with E-state index in [2.05, 4.69) is 111 Å². The zero-order chi connectivity index (χ0) is 24.4. The lowest BCUT2D eigenvalue weighted by molar-refractivity contribution is 0.166. The average Bonchev–Trinajstić information content (AvgIpc) is 2.68. The fraction of sp³-hybridized carbons (Fsp3) is 0.586. The number of hydrogen-bond acceptors (Lipinski definition) is 2. The van der Waals surface area contributed by atoms with Crippen molar-refractivity contribution in [3.05, 3.63) is 58.1 Å². The van der Waals surface area contributed by atoms with E-state index in [-0.39, 0.29) is 10.6 Å². The van der Waals surface area contributed by atoms with E-state index in [1.165, 1.54) is 22.0 Å². The number of nitrogens with zero attached hydrogens (tertiary/aromatic N) is 1. The lowest BCUT2D eigenvalue weighted by Crippen LogP contribution is -2.37. The Kier molecular flexibility index (Phi) is 8.63. The summed E-state index contributed by atoms with van der Waals surface area (Å²) in [5.74, 6) is 0.487. The standard InChI is InChI=1S/C29H46NOP/c1-12-29(11,25-17-21(6)16-24(26(25)31)28(8,9)10)32-27-22(7)14-13-15-23(27)18-30(19(2)3)20(4)5/h13-17,19-20,31-32H,12,18H2,1-11H3. The van der Waals surface area contributed by atoms with Crippen molar-refractivity contribution in [2.24, 2.45) is 0 Å². The molecule has 2 aromatic rings. The van der Waals surface area contributed by atoms with Gasteiger partial charge in [0.15, 0.2) is 0 Å². The molecule has 0 bridgehead atoms. The molecule has 0 aliphatic heterocycles. The second-order valence-corrected chi connectivity index (χ2v) is 13.1. The Balaban J connectivity index is 2.59. The summed E-state index contributed by atoms with van der Waals surface area (Å²) < 4.78 is 0. The molecule has 0 aliphatic rings. The monoisotopic (exact) mass is 455 g/mol. The van der Waals surface area contributed by atoms with Crippen LogP contribution in [0, 0.1) is 13.8 Å². The van der Waals surface area contributed by atoms with E-state index in [9.17, 15) is 5.11 Å². The SMILES string of the molecule is CCC(C)(Pc1c(C)cccc1CN(C(C)C)C(C)C)c1cc(C)cc(C(C)(C)C)c1O. The van der Waals surface area contributed by atoms with Gasteiger partial charge in [-0.05, 0) is 75.4 Å². The molecule has 2 nitrogen and oxygen atoms in total. The number of hydrogen-bond donors (Lipinski definition) is 1. The van der Waals surface area contributed by atoms with Crippen molar-refractivity contribution in [2.75, 3.05) is 0 Å². The molecule has 0 heterocycles. The van der Waals surface area contributed by atoms with Crippen LogP contribution in [0.25, 0.3) is 0 Å². The molecule has 0 amide bonds. The fourth-order valence-electron chi connectivity index (χ4n) is 4.59. The number of aryl methyl sites for hydroxylation is 2. The van der Waals surface area contributed by atoms with E-state index < -0.39 is 0 Å². The smallest absolute Gasteiger partial charge is 0.123 e. The van der Waals surface area contributed by atoms with Crippen molar-refractivity contribution in [2.45, 2.75) is 112 Å². The first-order valence-corrected chi connectivity index (χ1v) is 13.2. The van der Waals surface area contributed by atoms with Gasteiger partial charge in [-0.15, -0.1) is 0 Å². The molecule has 2 atom stereocenters. The highest BCUT2D eigenvalue weighted by Gasteiger charge is 2.33. The van der Waals surface area contributed by atoms with Crippen LogP contribution >= 0.6 is 8.58 Å². The van der Waals surface area contributed by atoms with Gasteiger partial charge in [-0.25, -0.2) is 0 Å². The van der Waals surface area contributed by atoms with Crippen molar-refractivity contribution >= 4 is 13.9 Å². The maximum absolute atomic E-state index is 11.4. The number of phenols is 1. The summed E-state index contributed by atoms with van der Waals surface area (Å²) in [5, 5.41) is 12.8. The van der Waals surface area contributed by atoms with Gasteiger partial charge < -0.3 is 5.11 Å². The summed E-state index contributed by atoms with van der Waals surface area (Å²) in [6.07, 6.45) is 0.984. The van der Waals surface area contributed by atoms with Crippen molar-refractivity contribution in [1.29, 1.82) is 0 Å². The van der Waals surface area contributed by atoms with E-state index in [1.54, 1.807) is 0 Å². The molecular weight excluding hydrogens is 409 g/mol. The molecule has 0 aliphatic carbocycles. The van der Waals surface area contributed by atoms with Gasteiger partial charge in [-0.3, -0.25) is 4.90 Å². The van der Waals surface area contributed by atoms with Crippen LogP contribution < -0.4 is 5.30 Å². The van der Waals surface area contributed by atoms with Gasteiger partial charge in [-0.1, -0.05) is 79.1 Å². The Morgan fingerprint density at radius 2 is 1.50 bits per heavy atom. The van der Waals surface area contributed by atoms with Crippen molar-refractivity contribution in [3.8, 4) is 5.75 Å². The second-order valence-electron chi connectivity index (χ2n) is 11.2. The molecule has 2 unspecified atom stereocenters. The van der Waals surface area contributed by atoms with Crippen LogP contribution in [-0.2, 0) is 17.1 Å². The van der Waals surface area contributed by atoms with Gasteiger partial charge in [0.2, 0.25) is 0 Å². The highest BCUT2D eigenvalue weighted by molar-refractivity contribution is 7.48. The predicted octanol–water partition coefficient (Wildman–Crippen LogP) is 7.55. The number of rotatable bonds is 8. The Hall–Kier alpha value is -1.37. The lowest BCUT2D eigenvalue weighted by Gasteiger charge is -2.35. The first-order chi connectivity index (χ1) is 14.7. The highest BCUT2D eigenvalue weighted by atomic mass is 31.1. The summed E-state index contributed by atoms with van der Waals surface area (Å²) in [4.78, 5) is 2.56. The molecule has 0 aromatic heterocycles. The average molecular weight is 456 g/mol. The van der Waals surface area contributed by atoms with E-state index >= 15 is 0 Å². The van der Waals surface area contributed by atoms with Crippen molar-refractivity contribution in [1.82, 2.24) is 4.90 Å². The normalized spacial score (nSPS) is 14.8. The Bertz CT molecular complexity index is 917. The highest BCUT2D eigenvalue weighted by Crippen LogP contribution is 2.50. The Morgan fingerprint density at radius 3 is 2.00 bits per heavy atom. The van der Waals surface area contributed by atoms with Crippen LogP contribution in [-0.4, -0.2) is 22.1 Å². The third kappa shape index (κ3) is 5.95. The van der Waals surface area contributed by atoms with E-state index in [4.69, 9.17) is 0 Å². The minimum Gasteiger partial charge on any atom is -0.507 e. The molecule has 178 valence electrons. The number of aromatic hydroxyl groups is 1. The zero-order valence-electron chi connectivity index (χ0n) is 22.4. The van der Waals surface area contributed by atoms with Gasteiger partial charge in [0.05, 0.1) is 0 Å². The van der Waals surface area contributed by atoms with Crippen LogP contribution in [0.4, 0.5) is 0 Å². The zero-order valence-corrected chi connectivity index (χ0v) is 23.4. The van der Waals surface area contributed by atoms with Gasteiger partial charge in [-0.2, -0.15) is 0 Å². The minimum atomic E-state index is -0.114. The molecule has 2 rings (SSSR count). The first kappa shape index (κ1) is 26.9. The molecule has 2 aromatic carbocycles. The maximum Gasteiger partial charge on any atom is 0.123 e. The van der Waals surface area contributed by atoms with Gasteiger partial charge in [0.25, 0.3) is 0 Å². The third-order valence-corrected chi connectivity index (χ3v) is 8.94. The third-order valence-electron chi connectivity index (χ3n) is 6.80. The summed E-state index contributed by atoms with van der Waals surface area (Å²) in [5.41, 5.74) is 6.06. The second kappa shape index (κ2) is 10.3. The Labute approximate surface area is 199 Å². The van der Waals surface area contributed by atoms with Crippen LogP contribution in [0.2, 0.25) is 0 Å². The molecule has 0 radical (unpaired) electrons. The molecule has 0 fully saturated rings. The first-order valence-electron chi connectivity index (χ1n) is 12.2. The quantitative estimate of drug-likeness (QED) is 0.415. The molecular formula is C29H46NOP. The minimum absolute atomic E-state index is 0.0918. The van der Waals surface area contributed by atoms with Gasteiger partial charge in [0, 0.05) is 29.3 Å². The van der Waals surface area contributed by atoms with Crippen molar-refractivity contribution < 1.29 is 5.11 Å². The molecule has 0 saturated carbocycles. The van der Waals surface area contributed by atoms with E-state index in [0.29, 0.717) is 26.4 Å². The largest absolute Gasteiger partial charge is 0.507 e. The van der Waals surface area contributed by atoms with Crippen molar-refractivity contribution in [3.63, 3.8) is 0 Å². The fourth-order valence-corrected chi connectivity index (χ4v) is 6.25. The van der Waals surface area contributed by atoms with Gasteiger partial charge >= 0.3 is 0 Å². The van der Waals surface area contributed by atoms with Crippen LogP contribution in [0.3, 0.4) is 0 Å². The van der Waals surface area contributed by atoms with Gasteiger partial charge in [0.1, 0.15) is 5.75 Å². The van der Waals surface area contributed by atoms with Crippen LogP contribution in [0.5, 0.6) is 5.75 Å². The lowest BCUT2D eigenvalue weighted by atomic mass is 9.82. The van der Waals surface area contributed by atoms with Crippen LogP contribution in [0.15, 0.2) is 30.3 Å². The molecule has 1 N–H and O–H groups in total. The molecule has 3 heteroatoms. The number of benzene rings is 2. The molecule has 0 saturated heterocycles.